The van der Waals surface area contributed by atoms with E-state index in [2.05, 4.69) is 45.1 Å². The third-order valence-corrected chi connectivity index (χ3v) is 5.92. The lowest BCUT2D eigenvalue weighted by molar-refractivity contribution is -0.656. The van der Waals surface area contributed by atoms with Crippen molar-refractivity contribution in [1.82, 2.24) is 0 Å². The Morgan fingerprint density at radius 2 is 1.52 bits per heavy atom. The number of aryl methyl sites for hydroxylation is 1. The zero-order chi connectivity index (χ0) is 23.0. The van der Waals surface area contributed by atoms with Crippen molar-refractivity contribution in [2.24, 2.45) is 17.3 Å². The molecule has 33 heavy (non-hydrogen) atoms. The molecular formula is C24H23N6O2S+. The fourth-order valence-corrected chi connectivity index (χ4v) is 3.97. The van der Waals surface area contributed by atoms with Crippen molar-refractivity contribution < 1.29 is 9.49 Å². The summed E-state index contributed by atoms with van der Waals surface area (Å²) in [5.41, 5.74) is 4.65. The van der Waals surface area contributed by atoms with Crippen molar-refractivity contribution in [2.75, 3.05) is 10.6 Å². The molecule has 0 unspecified atom stereocenters. The van der Waals surface area contributed by atoms with Crippen LogP contribution in [0.25, 0.3) is 0 Å². The molecule has 9 heteroatoms. The summed E-state index contributed by atoms with van der Waals surface area (Å²) in [6.07, 6.45) is 1.44. The number of anilines is 2. The fourth-order valence-electron chi connectivity index (χ4n) is 3.22. The monoisotopic (exact) mass is 459 g/mol. The zero-order valence-corrected chi connectivity index (χ0v) is 18.8. The van der Waals surface area contributed by atoms with Crippen molar-refractivity contribution in [3.63, 3.8) is 0 Å². The lowest BCUT2D eigenvalue weighted by atomic mass is 10.1. The van der Waals surface area contributed by atoms with Crippen LogP contribution in [0.3, 0.4) is 0 Å². The summed E-state index contributed by atoms with van der Waals surface area (Å²) in [7, 11) is 1.71. The Hall–Kier alpha value is -4.11. The Morgan fingerprint density at radius 1 is 0.879 bits per heavy atom. The van der Waals surface area contributed by atoms with E-state index in [1.807, 2.05) is 54.6 Å². The maximum atomic E-state index is 11.1. The second kappa shape index (κ2) is 10.5. The summed E-state index contributed by atoms with van der Waals surface area (Å²) in [6, 6.07) is 26.0. The van der Waals surface area contributed by atoms with Crippen molar-refractivity contribution in [3.8, 4) is 0 Å². The van der Waals surface area contributed by atoms with Gasteiger partial charge in [0.25, 0.3) is 0 Å². The van der Waals surface area contributed by atoms with Gasteiger partial charge in [-0.05, 0) is 28.4 Å². The van der Waals surface area contributed by atoms with E-state index in [1.165, 1.54) is 6.20 Å². The van der Waals surface area contributed by atoms with Crippen LogP contribution in [0.2, 0.25) is 0 Å². The topological polar surface area (TPSA) is 95.8 Å². The Balaban J connectivity index is 1.62. The summed E-state index contributed by atoms with van der Waals surface area (Å²) in [5, 5.41) is 27.2. The smallest absolute Gasteiger partial charge is 0.379 e. The lowest BCUT2D eigenvalue weighted by Gasteiger charge is -2.15. The van der Waals surface area contributed by atoms with Gasteiger partial charge in [-0.1, -0.05) is 66.7 Å². The molecular weight excluding hydrogens is 436 g/mol. The van der Waals surface area contributed by atoms with Gasteiger partial charge in [-0.3, -0.25) is 10.1 Å². The predicted molar refractivity (Wildman–Crippen MR) is 130 cm³/mol. The molecule has 2 N–H and O–H groups in total. The number of rotatable bonds is 9. The molecule has 0 saturated carbocycles. The quantitative estimate of drug-likeness (QED) is 0.136. The molecule has 1 heterocycles. The normalized spacial score (nSPS) is 10.9. The van der Waals surface area contributed by atoms with Gasteiger partial charge in [-0.25, -0.2) is 4.57 Å². The molecule has 4 rings (SSSR count). The molecule has 0 aliphatic heterocycles. The average Bonchev–Trinajstić information content (AvgIpc) is 3.22. The van der Waals surface area contributed by atoms with Crippen LogP contribution >= 0.6 is 11.3 Å². The van der Waals surface area contributed by atoms with Gasteiger partial charge in [0.15, 0.2) is 6.20 Å². The minimum Gasteiger partial charge on any atom is -0.379 e. The van der Waals surface area contributed by atoms with E-state index in [1.54, 1.807) is 11.6 Å². The molecule has 8 nitrogen and oxygen atoms in total. The summed E-state index contributed by atoms with van der Waals surface area (Å²) in [6.45, 7) is 1.28. The van der Waals surface area contributed by atoms with Crippen LogP contribution in [-0.4, -0.2) is 4.92 Å². The van der Waals surface area contributed by atoms with Crippen LogP contribution in [-0.2, 0) is 20.1 Å². The molecule has 0 fully saturated rings. The van der Waals surface area contributed by atoms with Gasteiger partial charge in [0.2, 0.25) is 0 Å². The number of nitrogens with zero attached hydrogens (tertiary/aromatic N) is 4. The number of nitrogens with one attached hydrogen (secondary N) is 2. The predicted octanol–water partition coefficient (Wildman–Crippen LogP) is 6.12. The third-order valence-electron chi connectivity index (χ3n) is 4.91. The number of benzene rings is 3. The van der Waals surface area contributed by atoms with Crippen molar-refractivity contribution in [1.29, 1.82) is 0 Å². The van der Waals surface area contributed by atoms with E-state index in [0.717, 1.165) is 33.8 Å². The van der Waals surface area contributed by atoms with E-state index in [4.69, 9.17) is 0 Å². The molecule has 0 amide bonds. The molecule has 0 bridgehead atoms. The van der Waals surface area contributed by atoms with Gasteiger partial charge in [0.1, 0.15) is 5.69 Å². The minimum absolute atomic E-state index is 0.0205. The Kier molecular flexibility index (Phi) is 7.01. The van der Waals surface area contributed by atoms with Gasteiger partial charge >= 0.3 is 10.1 Å². The molecule has 4 aromatic rings. The van der Waals surface area contributed by atoms with Crippen LogP contribution in [0.1, 0.15) is 11.1 Å². The van der Waals surface area contributed by atoms with Crippen LogP contribution in [0.5, 0.6) is 0 Å². The largest absolute Gasteiger partial charge is 0.414 e. The summed E-state index contributed by atoms with van der Waals surface area (Å²) < 4.78 is 1.60. The summed E-state index contributed by atoms with van der Waals surface area (Å²) >= 11 is 0.982. The van der Waals surface area contributed by atoms with Gasteiger partial charge < -0.3 is 10.6 Å². The van der Waals surface area contributed by atoms with Crippen LogP contribution in [0.15, 0.2) is 95.3 Å². The molecule has 0 radical (unpaired) electrons. The highest BCUT2D eigenvalue weighted by Gasteiger charge is 2.21. The number of azo groups is 1. The van der Waals surface area contributed by atoms with Gasteiger partial charge in [0, 0.05) is 24.4 Å². The molecule has 0 spiro atoms. The molecule has 3 aromatic carbocycles. The van der Waals surface area contributed by atoms with Crippen molar-refractivity contribution in [2.45, 2.75) is 13.1 Å². The number of para-hydroxylation sites is 1. The second-order valence-electron chi connectivity index (χ2n) is 7.30. The molecule has 0 aliphatic carbocycles. The highest BCUT2D eigenvalue weighted by molar-refractivity contribution is 7.17. The van der Waals surface area contributed by atoms with Gasteiger partial charge in [-0.15, -0.1) is 0 Å². The number of nitro groups is 1. The van der Waals surface area contributed by atoms with Gasteiger partial charge in [-0.2, -0.15) is 0 Å². The first-order chi connectivity index (χ1) is 16.1. The van der Waals surface area contributed by atoms with Crippen LogP contribution in [0.4, 0.5) is 27.2 Å². The lowest BCUT2D eigenvalue weighted by Crippen LogP contribution is -2.23. The maximum absolute atomic E-state index is 11.1. The van der Waals surface area contributed by atoms with Crippen molar-refractivity contribution in [3.05, 3.63) is 106 Å². The molecule has 1 aromatic heterocycles. The van der Waals surface area contributed by atoms with E-state index in [-0.39, 0.29) is 5.00 Å². The molecule has 0 aliphatic rings. The van der Waals surface area contributed by atoms with E-state index in [9.17, 15) is 10.1 Å². The van der Waals surface area contributed by atoms with Crippen LogP contribution in [0, 0.1) is 10.1 Å². The van der Waals surface area contributed by atoms with Crippen LogP contribution < -0.4 is 15.2 Å². The number of hydrogen-bond acceptors (Lipinski definition) is 7. The first-order valence-corrected chi connectivity index (χ1v) is 11.2. The number of hydrogen-bond donors (Lipinski definition) is 2. The SMILES string of the molecule is C[n+]1cc([N+](=O)[O-])sc1N=Nc1cccc(NCc2ccccc2)c1NCc1ccccc1. The number of aromatic nitrogens is 1. The van der Waals surface area contributed by atoms with E-state index < -0.39 is 4.92 Å². The molecule has 166 valence electrons. The Labute approximate surface area is 195 Å². The highest BCUT2D eigenvalue weighted by Crippen LogP contribution is 2.35. The fraction of sp³-hybridized carbons (Fsp3) is 0.125. The minimum atomic E-state index is -0.426. The van der Waals surface area contributed by atoms with E-state index >= 15 is 0 Å². The Morgan fingerprint density at radius 3 is 2.12 bits per heavy atom. The Bertz CT molecular complexity index is 1260. The second-order valence-corrected chi connectivity index (χ2v) is 8.29. The van der Waals surface area contributed by atoms with Gasteiger partial charge in [0.05, 0.1) is 28.5 Å². The zero-order valence-electron chi connectivity index (χ0n) is 18.0. The first-order valence-electron chi connectivity index (χ1n) is 10.3. The first kappa shape index (κ1) is 22.1. The highest BCUT2D eigenvalue weighted by atomic mass is 32.1. The number of thiazole rings is 1. The standard InChI is InChI=1S/C24H22N6O2S/c1-29-17-22(30(31)32)33-24(29)28-27-21-14-8-13-20(25-15-18-9-4-2-5-10-18)23(21)26-16-19-11-6-3-7-12-19/h2-14,17H,15-16H2,1H3,(H,25,27)/p+1. The van der Waals surface area contributed by atoms with E-state index in [0.29, 0.717) is 23.9 Å². The third kappa shape index (κ3) is 5.78. The van der Waals surface area contributed by atoms with Crippen molar-refractivity contribution >= 4 is 38.5 Å². The average molecular weight is 460 g/mol. The molecule has 0 saturated heterocycles. The molecule has 0 atom stereocenters. The summed E-state index contributed by atoms with van der Waals surface area (Å²) in [5.74, 6) is 0. The summed E-state index contributed by atoms with van der Waals surface area (Å²) in [4.78, 5) is 10.6. The maximum Gasteiger partial charge on any atom is 0.414 e.